The Morgan fingerprint density at radius 3 is 3.00 bits per heavy atom. The van der Waals surface area contributed by atoms with Crippen molar-refractivity contribution < 1.29 is 9.53 Å². The van der Waals surface area contributed by atoms with Gasteiger partial charge in [-0.1, -0.05) is 24.3 Å². The molecule has 0 bridgehead atoms. The molecule has 0 spiro atoms. The van der Waals surface area contributed by atoms with Gasteiger partial charge in [0.2, 0.25) is 0 Å². The van der Waals surface area contributed by atoms with E-state index < -0.39 is 5.91 Å². The van der Waals surface area contributed by atoms with Gasteiger partial charge in [-0.3, -0.25) is 4.79 Å². The van der Waals surface area contributed by atoms with Crippen LogP contribution < -0.4 is 10.5 Å². The molecule has 2 rings (SSSR count). The maximum atomic E-state index is 11.3. The number of amides is 1. The van der Waals surface area contributed by atoms with Gasteiger partial charge in [0.05, 0.1) is 0 Å². The number of carbonyl (C=O) groups excluding carboxylic acids is 1. The predicted octanol–water partition coefficient (Wildman–Crippen LogP) is 1.79. The summed E-state index contributed by atoms with van der Waals surface area (Å²) in [6.07, 6.45) is 1.61. The van der Waals surface area contributed by atoms with Crippen LogP contribution in [0.5, 0.6) is 5.75 Å². The maximum Gasteiger partial charge on any atom is 0.271 e. The average Bonchev–Trinajstić information content (AvgIpc) is 2.86. The number of aromatic nitrogens is 3. The number of nitrogens with one attached hydrogen (secondary N) is 1. The Balaban J connectivity index is 2.52. The summed E-state index contributed by atoms with van der Waals surface area (Å²) in [5, 5.41) is 10.5. The quantitative estimate of drug-likeness (QED) is 0.815. The van der Waals surface area contributed by atoms with Crippen molar-refractivity contribution in [1.82, 2.24) is 15.4 Å². The number of hydrogen-bond donors (Lipinski definition) is 2. The van der Waals surface area contributed by atoms with Crippen LogP contribution in [0.1, 0.15) is 10.5 Å². The summed E-state index contributed by atoms with van der Waals surface area (Å²) in [5.41, 5.74) is 6.11. The summed E-state index contributed by atoms with van der Waals surface area (Å²) in [5.74, 6) is -0.168. The maximum absolute atomic E-state index is 11.3. The second-order valence-corrected chi connectivity index (χ2v) is 4.06. The third-order valence-corrected chi connectivity index (χ3v) is 2.57. The number of carbonyl (C=O) groups is 1. The first-order valence-corrected chi connectivity index (χ1v) is 5.75. The van der Waals surface area contributed by atoms with Gasteiger partial charge in [0, 0.05) is 10.6 Å². The van der Waals surface area contributed by atoms with Gasteiger partial charge in [-0.25, -0.2) is 0 Å². The van der Waals surface area contributed by atoms with Crippen molar-refractivity contribution in [3.63, 3.8) is 0 Å². The van der Waals surface area contributed by atoms with Crippen LogP contribution in [-0.2, 0) is 0 Å². The predicted molar refractivity (Wildman–Crippen MR) is 71.0 cm³/mol. The number of hydrogen-bond acceptors (Lipinski definition) is 4. The van der Waals surface area contributed by atoms with E-state index in [-0.39, 0.29) is 5.69 Å². The Hall–Kier alpha value is -2.34. The molecule has 0 aliphatic heterocycles. The molecular weight excluding hydrogens is 268 g/mol. The van der Waals surface area contributed by atoms with Gasteiger partial charge in [0.25, 0.3) is 5.91 Å². The van der Waals surface area contributed by atoms with Gasteiger partial charge in [-0.05, 0) is 18.2 Å². The largest absolute Gasteiger partial charge is 0.489 e. The van der Waals surface area contributed by atoms with Gasteiger partial charge >= 0.3 is 0 Å². The summed E-state index contributed by atoms with van der Waals surface area (Å²) in [6.45, 7) is 3.89. The number of benzene rings is 1. The van der Waals surface area contributed by atoms with E-state index >= 15 is 0 Å². The number of primary amides is 1. The first-order valence-electron chi connectivity index (χ1n) is 5.37. The van der Waals surface area contributed by atoms with Crippen LogP contribution in [0.3, 0.4) is 0 Å². The smallest absolute Gasteiger partial charge is 0.271 e. The van der Waals surface area contributed by atoms with E-state index in [1.165, 1.54) is 0 Å². The molecule has 0 unspecified atom stereocenters. The van der Waals surface area contributed by atoms with Crippen LogP contribution in [0.4, 0.5) is 0 Å². The average molecular weight is 279 g/mol. The number of aromatic amines is 1. The SMILES string of the molecule is C=CCOc1ccc(Cl)cc1-c1n[nH]nc1C(N)=O. The number of halogens is 1. The van der Waals surface area contributed by atoms with Crippen molar-refractivity contribution in [2.75, 3.05) is 6.61 Å². The number of nitrogens with two attached hydrogens (primary N) is 1. The Morgan fingerprint density at radius 1 is 1.53 bits per heavy atom. The lowest BCUT2D eigenvalue weighted by molar-refractivity contribution is 0.0996. The zero-order valence-electron chi connectivity index (χ0n) is 9.89. The van der Waals surface area contributed by atoms with Crippen molar-refractivity contribution in [2.24, 2.45) is 5.73 Å². The van der Waals surface area contributed by atoms with E-state index in [2.05, 4.69) is 22.0 Å². The fourth-order valence-corrected chi connectivity index (χ4v) is 1.72. The molecule has 1 amide bonds. The highest BCUT2D eigenvalue weighted by molar-refractivity contribution is 6.31. The van der Waals surface area contributed by atoms with E-state index in [9.17, 15) is 4.79 Å². The first kappa shape index (κ1) is 13.1. The minimum absolute atomic E-state index is 0.0331. The number of ether oxygens (including phenoxy) is 1. The molecule has 0 radical (unpaired) electrons. The molecule has 0 aliphatic carbocycles. The molecule has 7 heteroatoms. The van der Waals surface area contributed by atoms with E-state index in [4.69, 9.17) is 22.1 Å². The summed E-state index contributed by atoms with van der Waals surface area (Å²) < 4.78 is 5.49. The standard InChI is InChI=1S/C12H11ClN4O2/c1-2-5-19-9-4-3-7(13)6-8(9)10-11(12(14)18)16-17-15-10/h2-4,6H,1,5H2,(H2,14,18)(H,15,16,17). The van der Waals surface area contributed by atoms with Crippen LogP contribution in [0.2, 0.25) is 5.02 Å². The summed E-state index contributed by atoms with van der Waals surface area (Å²) >= 11 is 5.95. The van der Waals surface area contributed by atoms with Crippen LogP contribution in [0.15, 0.2) is 30.9 Å². The summed E-state index contributed by atoms with van der Waals surface area (Å²) in [7, 11) is 0. The first-order chi connectivity index (χ1) is 9.13. The zero-order valence-corrected chi connectivity index (χ0v) is 10.6. The van der Waals surface area contributed by atoms with Crippen molar-refractivity contribution in [3.05, 3.63) is 41.6 Å². The van der Waals surface area contributed by atoms with E-state index in [1.807, 2.05) is 0 Å². The molecule has 1 aromatic carbocycles. The normalized spacial score (nSPS) is 10.2. The van der Waals surface area contributed by atoms with Crippen molar-refractivity contribution in [2.45, 2.75) is 0 Å². The molecule has 3 N–H and O–H groups in total. The lowest BCUT2D eigenvalue weighted by Gasteiger charge is -2.09. The Kier molecular flexibility index (Phi) is 3.82. The fourth-order valence-electron chi connectivity index (χ4n) is 1.55. The fraction of sp³-hybridized carbons (Fsp3) is 0.0833. The van der Waals surface area contributed by atoms with Gasteiger partial charge in [0.15, 0.2) is 5.69 Å². The zero-order chi connectivity index (χ0) is 13.8. The molecule has 0 aliphatic rings. The summed E-state index contributed by atoms with van der Waals surface area (Å²) in [6, 6.07) is 4.98. The van der Waals surface area contributed by atoms with E-state index in [0.717, 1.165) is 0 Å². The Labute approximate surface area is 114 Å². The Bertz CT molecular complexity index is 624. The van der Waals surface area contributed by atoms with Crippen LogP contribution in [0, 0.1) is 0 Å². The highest BCUT2D eigenvalue weighted by Crippen LogP contribution is 2.32. The summed E-state index contributed by atoms with van der Waals surface area (Å²) in [4.78, 5) is 11.3. The minimum atomic E-state index is -0.682. The van der Waals surface area contributed by atoms with E-state index in [0.29, 0.717) is 28.6 Å². The van der Waals surface area contributed by atoms with Gasteiger partial charge in [-0.15, -0.1) is 0 Å². The lowest BCUT2D eigenvalue weighted by Crippen LogP contribution is -2.13. The van der Waals surface area contributed by atoms with Crippen LogP contribution in [0.25, 0.3) is 11.3 Å². The number of nitrogens with zero attached hydrogens (tertiary/aromatic N) is 2. The van der Waals surface area contributed by atoms with Crippen LogP contribution >= 0.6 is 11.6 Å². The molecule has 19 heavy (non-hydrogen) atoms. The van der Waals surface area contributed by atoms with Crippen molar-refractivity contribution >= 4 is 17.5 Å². The minimum Gasteiger partial charge on any atom is -0.489 e. The Morgan fingerprint density at radius 2 is 2.32 bits per heavy atom. The van der Waals surface area contributed by atoms with Crippen LogP contribution in [-0.4, -0.2) is 27.9 Å². The molecular formula is C12H11ClN4O2. The molecule has 6 nitrogen and oxygen atoms in total. The van der Waals surface area contributed by atoms with Crippen molar-refractivity contribution in [3.8, 4) is 17.0 Å². The highest BCUT2D eigenvalue weighted by atomic mass is 35.5. The number of H-pyrrole nitrogens is 1. The van der Waals surface area contributed by atoms with Gasteiger partial charge in [-0.2, -0.15) is 15.4 Å². The second-order valence-electron chi connectivity index (χ2n) is 3.63. The number of rotatable bonds is 5. The molecule has 1 aromatic heterocycles. The monoisotopic (exact) mass is 278 g/mol. The van der Waals surface area contributed by atoms with Gasteiger partial charge in [0.1, 0.15) is 18.1 Å². The molecule has 0 saturated heterocycles. The highest BCUT2D eigenvalue weighted by Gasteiger charge is 2.19. The van der Waals surface area contributed by atoms with Crippen molar-refractivity contribution in [1.29, 1.82) is 0 Å². The molecule has 0 atom stereocenters. The van der Waals surface area contributed by atoms with E-state index in [1.54, 1.807) is 24.3 Å². The lowest BCUT2D eigenvalue weighted by atomic mass is 10.1. The third-order valence-electron chi connectivity index (χ3n) is 2.33. The molecule has 1 heterocycles. The molecule has 98 valence electrons. The molecule has 0 fully saturated rings. The third kappa shape index (κ3) is 2.74. The topological polar surface area (TPSA) is 93.9 Å². The molecule has 0 saturated carbocycles. The molecule has 2 aromatic rings. The van der Waals surface area contributed by atoms with Gasteiger partial charge < -0.3 is 10.5 Å². The second kappa shape index (κ2) is 5.53.